The van der Waals surface area contributed by atoms with Crippen molar-refractivity contribution < 1.29 is 4.79 Å². The van der Waals surface area contributed by atoms with Gasteiger partial charge in [0.05, 0.1) is 0 Å². The van der Waals surface area contributed by atoms with Gasteiger partial charge in [-0.05, 0) is 32.1 Å². The second-order valence-corrected chi connectivity index (χ2v) is 5.46. The van der Waals surface area contributed by atoms with Crippen LogP contribution in [0, 0.1) is 0 Å². The minimum atomic E-state index is 0.406. The van der Waals surface area contributed by atoms with Crippen LogP contribution in [0.4, 0.5) is 0 Å². The predicted molar refractivity (Wildman–Crippen MR) is 70.8 cm³/mol. The highest BCUT2D eigenvalue weighted by Crippen LogP contribution is 2.29. The van der Waals surface area contributed by atoms with Gasteiger partial charge in [-0.3, -0.25) is 4.79 Å². The average molecular weight is 235 g/mol. The van der Waals surface area contributed by atoms with Crippen molar-refractivity contribution in [2.24, 2.45) is 0 Å². The molecular formula is C15H25NO. The fraction of sp³-hybridized carbons (Fsp3) is 0.800. The van der Waals surface area contributed by atoms with Crippen LogP contribution in [0.1, 0.15) is 71.1 Å². The zero-order valence-electron chi connectivity index (χ0n) is 11.1. The van der Waals surface area contributed by atoms with E-state index in [4.69, 9.17) is 0 Å². The molecule has 0 aromatic carbocycles. The Hall–Kier alpha value is -0.790. The second-order valence-electron chi connectivity index (χ2n) is 5.46. The molecule has 2 nitrogen and oxygen atoms in total. The van der Waals surface area contributed by atoms with E-state index in [0.717, 1.165) is 37.7 Å². The van der Waals surface area contributed by atoms with Gasteiger partial charge in [0, 0.05) is 23.7 Å². The molecule has 1 aliphatic carbocycles. The smallest absolute Gasteiger partial charge is 0.160 e. The fourth-order valence-corrected chi connectivity index (χ4v) is 3.02. The van der Waals surface area contributed by atoms with Gasteiger partial charge >= 0.3 is 0 Å². The zero-order chi connectivity index (χ0) is 12.1. The molecule has 1 aliphatic heterocycles. The van der Waals surface area contributed by atoms with Crippen molar-refractivity contribution >= 4 is 5.78 Å². The van der Waals surface area contributed by atoms with Crippen LogP contribution in [0.15, 0.2) is 11.3 Å². The number of unbranched alkanes of at least 4 members (excludes halogenated alkanes) is 3. The molecule has 0 fully saturated rings. The van der Waals surface area contributed by atoms with Crippen molar-refractivity contribution in [2.45, 2.75) is 77.2 Å². The topological polar surface area (TPSA) is 29.1 Å². The minimum absolute atomic E-state index is 0.406. The molecule has 0 aromatic rings. The summed E-state index contributed by atoms with van der Waals surface area (Å²) in [4.78, 5) is 11.7. The van der Waals surface area contributed by atoms with E-state index in [1.165, 1.54) is 37.8 Å². The van der Waals surface area contributed by atoms with Crippen molar-refractivity contribution in [1.82, 2.24) is 5.32 Å². The highest BCUT2D eigenvalue weighted by Gasteiger charge is 2.26. The SMILES string of the molecule is CCCCCC[C@@H]1CCC2=C(CCCC2=O)N1. The Kier molecular flexibility index (Phi) is 4.64. The lowest BCUT2D eigenvalue weighted by atomic mass is 9.86. The van der Waals surface area contributed by atoms with Gasteiger partial charge in [0.2, 0.25) is 0 Å². The Morgan fingerprint density at radius 3 is 2.88 bits per heavy atom. The van der Waals surface area contributed by atoms with Crippen LogP contribution < -0.4 is 5.32 Å². The molecular weight excluding hydrogens is 210 g/mol. The van der Waals surface area contributed by atoms with Gasteiger partial charge in [-0.25, -0.2) is 0 Å². The number of rotatable bonds is 5. The normalized spacial score (nSPS) is 24.5. The van der Waals surface area contributed by atoms with Gasteiger partial charge in [-0.1, -0.05) is 32.6 Å². The number of Topliss-reactive ketones (excluding diaryl/α,β-unsaturated/α-hetero) is 1. The van der Waals surface area contributed by atoms with Crippen LogP contribution in [-0.4, -0.2) is 11.8 Å². The first-order chi connectivity index (χ1) is 8.31. The lowest BCUT2D eigenvalue weighted by Crippen LogP contribution is -2.36. The summed E-state index contributed by atoms with van der Waals surface area (Å²) < 4.78 is 0. The summed E-state index contributed by atoms with van der Waals surface area (Å²) >= 11 is 0. The number of nitrogens with one attached hydrogen (secondary N) is 1. The molecule has 2 aliphatic rings. The van der Waals surface area contributed by atoms with E-state index >= 15 is 0 Å². The van der Waals surface area contributed by atoms with E-state index in [1.54, 1.807) is 0 Å². The largest absolute Gasteiger partial charge is 0.385 e. The van der Waals surface area contributed by atoms with Crippen molar-refractivity contribution in [2.75, 3.05) is 0 Å². The first kappa shape index (κ1) is 12.7. The van der Waals surface area contributed by atoms with Crippen LogP contribution in [-0.2, 0) is 4.79 Å². The maximum absolute atomic E-state index is 11.7. The fourth-order valence-electron chi connectivity index (χ4n) is 3.02. The maximum Gasteiger partial charge on any atom is 0.160 e. The number of allylic oxidation sites excluding steroid dienone is 2. The van der Waals surface area contributed by atoms with E-state index in [1.807, 2.05) is 0 Å². The van der Waals surface area contributed by atoms with Crippen LogP contribution >= 0.6 is 0 Å². The Morgan fingerprint density at radius 2 is 2.06 bits per heavy atom. The summed E-state index contributed by atoms with van der Waals surface area (Å²) in [6, 6.07) is 0.636. The predicted octanol–water partition coefficient (Wildman–Crippen LogP) is 3.72. The average Bonchev–Trinajstić information content (AvgIpc) is 2.35. The lowest BCUT2D eigenvalue weighted by molar-refractivity contribution is -0.116. The molecule has 0 saturated heterocycles. The third-order valence-corrected chi connectivity index (χ3v) is 4.06. The Bertz CT molecular complexity index is 306. The number of hydrogen-bond donors (Lipinski definition) is 1. The van der Waals surface area contributed by atoms with Crippen molar-refractivity contribution in [3.05, 3.63) is 11.3 Å². The molecule has 0 unspecified atom stereocenters. The van der Waals surface area contributed by atoms with E-state index < -0.39 is 0 Å². The van der Waals surface area contributed by atoms with Gasteiger partial charge in [-0.2, -0.15) is 0 Å². The lowest BCUT2D eigenvalue weighted by Gasteiger charge is -2.31. The summed E-state index contributed by atoms with van der Waals surface area (Å²) in [5.74, 6) is 0.406. The van der Waals surface area contributed by atoms with E-state index in [-0.39, 0.29) is 0 Å². The molecule has 1 atom stereocenters. The molecule has 1 heterocycles. The van der Waals surface area contributed by atoms with Crippen LogP contribution in [0.2, 0.25) is 0 Å². The molecule has 2 rings (SSSR count). The maximum atomic E-state index is 11.7. The Labute approximate surface area is 105 Å². The molecule has 17 heavy (non-hydrogen) atoms. The molecule has 0 bridgehead atoms. The Balaban J connectivity index is 1.80. The zero-order valence-corrected chi connectivity index (χ0v) is 11.1. The van der Waals surface area contributed by atoms with Crippen LogP contribution in [0.5, 0.6) is 0 Å². The summed E-state index contributed by atoms with van der Waals surface area (Å²) in [5.41, 5.74) is 2.41. The van der Waals surface area contributed by atoms with E-state index in [9.17, 15) is 4.79 Å². The van der Waals surface area contributed by atoms with E-state index in [2.05, 4.69) is 12.2 Å². The molecule has 0 saturated carbocycles. The van der Waals surface area contributed by atoms with E-state index in [0.29, 0.717) is 11.8 Å². The van der Waals surface area contributed by atoms with Crippen molar-refractivity contribution in [1.29, 1.82) is 0 Å². The number of ketones is 1. The summed E-state index contributed by atoms with van der Waals surface area (Å²) in [6.07, 6.45) is 11.8. The highest BCUT2D eigenvalue weighted by atomic mass is 16.1. The standard InChI is InChI=1S/C15H25NO/c1-2-3-4-5-7-12-10-11-13-14(16-12)8-6-9-15(13)17/h12,16H,2-11H2,1H3/t12-/m1/s1. The van der Waals surface area contributed by atoms with Gasteiger partial charge in [-0.15, -0.1) is 0 Å². The summed E-state index contributed by atoms with van der Waals surface area (Å²) in [6.45, 7) is 2.25. The Morgan fingerprint density at radius 1 is 1.18 bits per heavy atom. The van der Waals surface area contributed by atoms with Gasteiger partial charge in [0.15, 0.2) is 5.78 Å². The van der Waals surface area contributed by atoms with Crippen molar-refractivity contribution in [3.8, 4) is 0 Å². The molecule has 96 valence electrons. The second kappa shape index (κ2) is 6.23. The monoisotopic (exact) mass is 235 g/mol. The van der Waals surface area contributed by atoms with Gasteiger partial charge in [0.1, 0.15) is 0 Å². The van der Waals surface area contributed by atoms with Gasteiger partial charge < -0.3 is 5.32 Å². The summed E-state index contributed by atoms with van der Waals surface area (Å²) in [5, 5.41) is 3.62. The van der Waals surface area contributed by atoms with Crippen LogP contribution in [0.3, 0.4) is 0 Å². The summed E-state index contributed by atoms with van der Waals surface area (Å²) in [7, 11) is 0. The van der Waals surface area contributed by atoms with Crippen LogP contribution in [0.25, 0.3) is 0 Å². The molecule has 1 N–H and O–H groups in total. The first-order valence-corrected chi connectivity index (χ1v) is 7.33. The van der Waals surface area contributed by atoms with Crippen molar-refractivity contribution in [3.63, 3.8) is 0 Å². The number of hydrogen-bond acceptors (Lipinski definition) is 2. The molecule has 2 heteroatoms. The third kappa shape index (κ3) is 3.34. The number of carbonyl (C=O) groups is 1. The minimum Gasteiger partial charge on any atom is -0.385 e. The molecule has 0 spiro atoms. The highest BCUT2D eigenvalue weighted by molar-refractivity contribution is 5.96. The molecule has 0 radical (unpaired) electrons. The van der Waals surface area contributed by atoms with Gasteiger partial charge in [0.25, 0.3) is 0 Å². The quantitative estimate of drug-likeness (QED) is 0.736. The number of carbonyl (C=O) groups excluding carboxylic acids is 1. The molecule has 0 aromatic heterocycles. The third-order valence-electron chi connectivity index (χ3n) is 4.06. The molecule has 0 amide bonds. The first-order valence-electron chi connectivity index (χ1n) is 7.33.